The molecule has 1 aliphatic heterocycles. The van der Waals surface area contributed by atoms with Gasteiger partial charge in [-0.05, 0) is 25.1 Å². The second kappa shape index (κ2) is 7.95. The minimum Gasteiger partial charge on any atom is -0.385 e. The predicted molar refractivity (Wildman–Crippen MR) is 84.7 cm³/mol. The van der Waals surface area contributed by atoms with Crippen LogP contribution >= 0.6 is 0 Å². The molecule has 1 aromatic heterocycles. The van der Waals surface area contributed by atoms with Gasteiger partial charge in [0.25, 0.3) is 5.91 Å². The maximum atomic E-state index is 11.9. The Morgan fingerprint density at radius 1 is 1.43 bits per heavy atom. The molecule has 0 aromatic carbocycles. The highest BCUT2D eigenvalue weighted by Gasteiger charge is 2.10. The van der Waals surface area contributed by atoms with Crippen LogP contribution in [0.4, 0.5) is 5.69 Å². The number of piperazine rings is 1. The summed E-state index contributed by atoms with van der Waals surface area (Å²) < 4.78 is 0. The van der Waals surface area contributed by atoms with E-state index in [4.69, 9.17) is 0 Å². The number of rotatable bonds is 6. The lowest BCUT2D eigenvalue weighted by Gasteiger charge is -2.27. The molecule has 0 atom stereocenters. The van der Waals surface area contributed by atoms with Crippen molar-refractivity contribution in [3.63, 3.8) is 0 Å². The van der Waals surface area contributed by atoms with Gasteiger partial charge in [0.15, 0.2) is 0 Å². The first-order chi connectivity index (χ1) is 10.2. The molecule has 0 unspecified atom stereocenters. The predicted octanol–water partition coefficient (Wildman–Crippen LogP) is 0.491. The molecular weight excluding hydrogens is 266 g/mol. The van der Waals surface area contributed by atoms with E-state index in [0.29, 0.717) is 5.69 Å². The number of carbonyl (C=O) groups is 1. The van der Waals surface area contributed by atoms with Crippen molar-refractivity contribution in [3.8, 4) is 0 Å². The molecule has 6 nitrogen and oxygen atoms in total. The molecule has 2 N–H and O–H groups in total. The summed E-state index contributed by atoms with van der Waals surface area (Å²) in [6.07, 6.45) is 2.77. The van der Waals surface area contributed by atoms with Crippen molar-refractivity contribution in [2.75, 3.05) is 58.7 Å². The summed E-state index contributed by atoms with van der Waals surface area (Å²) in [7, 11) is 3.47. The summed E-state index contributed by atoms with van der Waals surface area (Å²) in [5.41, 5.74) is 1.43. The summed E-state index contributed by atoms with van der Waals surface area (Å²) >= 11 is 0. The van der Waals surface area contributed by atoms with Gasteiger partial charge in [-0.15, -0.1) is 0 Å². The van der Waals surface area contributed by atoms with E-state index in [9.17, 15) is 4.79 Å². The van der Waals surface area contributed by atoms with E-state index in [1.807, 2.05) is 12.1 Å². The summed E-state index contributed by atoms with van der Waals surface area (Å²) in [5.74, 6) is -0.0699. The number of pyridine rings is 1. The first-order valence-corrected chi connectivity index (χ1v) is 7.51. The lowest BCUT2D eigenvalue weighted by atomic mass is 10.2. The Labute approximate surface area is 126 Å². The average molecular weight is 291 g/mol. The Kier molecular flexibility index (Phi) is 5.95. The van der Waals surface area contributed by atoms with Crippen molar-refractivity contribution in [3.05, 3.63) is 24.0 Å². The molecule has 1 amide bonds. The molecule has 116 valence electrons. The number of hydrogen-bond acceptors (Lipinski definition) is 5. The lowest BCUT2D eigenvalue weighted by Crippen LogP contribution is -2.44. The lowest BCUT2D eigenvalue weighted by molar-refractivity contribution is 0.0822. The molecule has 1 saturated heterocycles. The van der Waals surface area contributed by atoms with Crippen LogP contribution in [0.15, 0.2) is 18.3 Å². The van der Waals surface area contributed by atoms with Crippen molar-refractivity contribution in [1.82, 2.24) is 20.1 Å². The van der Waals surface area contributed by atoms with E-state index in [2.05, 4.69) is 20.5 Å². The van der Waals surface area contributed by atoms with E-state index < -0.39 is 0 Å². The van der Waals surface area contributed by atoms with Crippen molar-refractivity contribution >= 4 is 11.6 Å². The first-order valence-electron chi connectivity index (χ1n) is 7.51. The quantitative estimate of drug-likeness (QED) is 0.747. The van der Waals surface area contributed by atoms with Crippen LogP contribution in [-0.4, -0.2) is 74.1 Å². The molecular formula is C15H25N5O. The molecule has 6 heteroatoms. The fourth-order valence-electron chi connectivity index (χ4n) is 2.36. The van der Waals surface area contributed by atoms with Crippen molar-refractivity contribution in [2.45, 2.75) is 6.42 Å². The smallest absolute Gasteiger partial charge is 0.272 e. The topological polar surface area (TPSA) is 60.5 Å². The van der Waals surface area contributed by atoms with Gasteiger partial charge in [-0.25, -0.2) is 0 Å². The van der Waals surface area contributed by atoms with Crippen LogP contribution in [-0.2, 0) is 0 Å². The molecule has 1 aliphatic rings. The normalized spacial score (nSPS) is 15.7. The van der Waals surface area contributed by atoms with E-state index in [0.717, 1.165) is 51.4 Å². The standard InChI is InChI=1S/C15H25N5O/c1-19(2)15(21)14-12-13(4-6-18-14)17-5-3-9-20-10-7-16-8-11-20/h4,6,12,16H,3,5,7-11H2,1-2H3,(H,17,18). The summed E-state index contributed by atoms with van der Waals surface area (Å²) in [6.45, 7) is 6.47. The van der Waals surface area contributed by atoms with Crippen LogP contribution in [0, 0.1) is 0 Å². The summed E-state index contributed by atoms with van der Waals surface area (Å²) in [5, 5.41) is 6.72. The first kappa shape index (κ1) is 15.7. The fourth-order valence-corrected chi connectivity index (χ4v) is 2.36. The van der Waals surface area contributed by atoms with E-state index >= 15 is 0 Å². The number of aromatic nitrogens is 1. The van der Waals surface area contributed by atoms with Crippen molar-refractivity contribution in [2.24, 2.45) is 0 Å². The molecule has 0 spiro atoms. The van der Waals surface area contributed by atoms with Crippen LogP contribution in [0.3, 0.4) is 0 Å². The van der Waals surface area contributed by atoms with Gasteiger partial charge < -0.3 is 20.4 Å². The molecule has 0 radical (unpaired) electrons. The van der Waals surface area contributed by atoms with Crippen LogP contribution in [0.25, 0.3) is 0 Å². The molecule has 2 heterocycles. The number of amides is 1. The van der Waals surface area contributed by atoms with Gasteiger partial charge in [-0.1, -0.05) is 0 Å². The van der Waals surface area contributed by atoms with E-state index in [1.165, 1.54) is 4.90 Å². The average Bonchev–Trinajstić information content (AvgIpc) is 2.52. The minimum atomic E-state index is -0.0699. The molecule has 0 bridgehead atoms. The zero-order valence-electron chi connectivity index (χ0n) is 12.9. The second-order valence-electron chi connectivity index (χ2n) is 5.50. The number of nitrogens with one attached hydrogen (secondary N) is 2. The van der Waals surface area contributed by atoms with Crippen LogP contribution in [0.2, 0.25) is 0 Å². The molecule has 1 aromatic rings. The Morgan fingerprint density at radius 3 is 2.90 bits per heavy atom. The Bertz CT molecular complexity index is 457. The Hall–Kier alpha value is -1.66. The monoisotopic (exact) mass is 291 g/mol. The highest BCUT2D eigenvalue weighted by atomic mass is 16.2. The van der Waals surface area contributed by atoms with Gasteiger partial charge in [0.1, 0.15) is 5.69 Å². The van der Waals surface area contributed by atoms with Gasteiger partial charge in [0.05, 0.1) is 0 Å². The number of nitrogens with zero attached hydrogens (tertiary/aromatic N) is 3. The fraction of sp³-hybridized carbons (Fsp3) is 0.600. The van der Waals surface area contributed by atoms with Crippen LogP contribution in [0.1, 0.15) is 16.9 Å². The zero-order chi connectivity index (χ0) is 15.1. The van der Waals surface area contributed by atoms with Gasteiger partial charge in [0.2, 0.25) is 0 Å². The largest absolute Gasteiger partial charge is 0.385 e. The number of anilines is 1. The van der Waals surface area contributed by atoms with E-state index in [1.54, 1.807) is 20.3 Å². The van der Waals surface area contributed by atoms with Gasteiger partial charge in [0, 0.05) is 58.7 Å². The molecule has 2 rings (SSSR count). The molecule has 21 heavy (non-hydrogen) atoms. The third-order valence-electron chi connectivity index (χ3n) is 3.58. The second-order valence-corrected chi connectivity index (χ2v) is 5.50. The SMILES string of the molecule is CN(C)C(=O)c1cc(NCCCN2CCNCC2)ccn1. The van der Waals surface area contributed by atoms with E-state index in [-0.39, 0.29) is 5.91 Å². The maximum absolute atomic E-state index is 11.9. The molecule has 0 aliphatic carbocycles. The third kappa shape index (κ3) is 4.99. The van der Waals surface area contributed by atoms with Gasteiger partial charge in [-0.2, -0.15) is 0 Å². The van der Waals surface area contributed by atoms with Crippen LogP contribution < -0.4 is 10.6 Å². The highest BCUT2D eigenvalue weighted by Crippen LogP contribution is 2.09. The Balaban J connectivity index is 1.75. The summed E-state index contributed by atoms with van der Waals surface area (Å²) in [6, 6.07) is 3.71. The maximum Gasteiger partial charge on any atom is 0.272 e. The third-order valence-corrected chi connectivity index (χ3v) is 3.58. The number of hydrogen-bond donors (Lipinski definition) is 2. The summed E-state index contributed by atoms with van der Waals surface area (Å²) in [4.78, 5) is 20.0. The zero-order valence-corrected chi connectivity index (χ0v) is 12.9. The van der Waals surface area contributed by atoms with Gasteiger partial charge >= 0.3 is 0 Å². The Morgan fingerprint density at radius 2 is 2.19 bits per heavy atom. The molecule has 1 fully saturated rings. The van der Waals surface area contributed by atoms with Crippen molar-refractivity contribution < 1.29 is 4.79 Å². The molecule has 0 saturated carbocycles. The van der Waals surface area contributed by atoms with Crippen LogP contribution in [0.5, 0.6) is 0 Å². The van der Waals surface area contributed by atoms with Gasteiger partial charge in [-0.3, -0.25) is 9.78 Å². The van der Waals surface area contributed by atoms with Crippen molar-refractivity contribution in [1.29, 1.82) is 0 Å². The highest BCUT2D eigenvalue weighted by molar-refractivity contribution is 5.92. The number of carbonyl (C=O) groups excluding carboxylic acids is 1. The minimum absolute atomic E-state index is 0.0699.